The number of hydrogen-bond donors (Lipinski definition) is 3. The lowest BCUT2D eigenvalue weighted by atomic mass is 9.93. The number of phenolic OH excluding ortho intramolecular Hbond substituents is 2. The molecule has 0 radical (unpaired) electrons. The summed E-state index contributed by atoms with van der Waals surface area (Å²) in [5.74, 6) is 0.703. The zero-order valence-corrected chi connectivity index (χ0v) is 11.4. The first kappa shape index (κ1) is 13.7. The predicted octanol–water partition coefficient (Wildman–Crippen LogP) is 2.65. The summed E-state index contributed by atoms with van der Waals surface area (Å²) in [6.07, 6.45) is 3.28. The molecule has 1 fully saturated rings. The molecular formula is C15H21NO3. The van der Waals surface area contributed by atoms with E-state index in [-0.39, 0.29) is 23.4 Å². The fraction of sp³-hybridized carbons (Fsp3) is 0.533. The molecule has 1 amide bonds. The lowest BCUT2D eigenvalue weighted by Crippen LogP contribution is -2.37. The van der Waals surface area contributed by atoms with Crippen LogP contribution in [0.15, 0.2) is 18.2 Å². The highest BCUT2D eigenvalue weighted by atomic mass is 16.3. The van der Waals surface area contributed by atoms with Gasteiger partial charge in [-0.15, -0.1) is 0 Å². The van der Waals surface area contributed by atoms with Crippen molar-refractivity contribution >= 4 is 5.91 Å². The first-order valence-corrected chi connectivity index (χ1v) is 6.85. The number of carbonyl (C=O) groups is 1. The van der Waals surface area contributed by atoms with Gasteiger partial charge in [-0.3, -0.25) is 4.79 Å². The largest absolute Gasteiger partial charge is 0.508 e. The Bertz CT molecular complexity index is 452. The van der Waals surface area contributed by atoms with E-state index in [0.29, 0.717) is 17.4 Å². The summed E-state index contributed by atoms with van der Waals surface area (Å²) < 4.78 is 0. The summed E-state index contributed by atoms with van der Waals surface area (Å²) in [6, 6.07) is 4.13. The third-order valence-corrected chi connectivity index (χ3v) is 4.23. The Balaban J connectivity index is 2.05. The molecule has 0 aliphatic heterocycles. The van der Waals surface area contributed by atoms with Crippen LogP contribution in [0.5, 0.6) is 11.5 Å². The van der Waals surface area contributed by atoms with Crippen LogP contribution in [0.25, 0.3) is 0 Å². The number of benzene rings is 1. The van der Waals surface area contributed by atoms with Crippen LogP contribution in [0.1, 0.15) is 43.5 Å². The van der Waals surface area contributed by atoms with Crippen LogP contribution in [0.2, 0.25) is 0 Å². The molecule has 3 atom stereocenters. The Labute approximate surface area is 113 Å². The van der Waals surface area contributed by atoms with E-state index in [1.54, 1.807) is 0 Å². The maximum absolute atomic E-state index is 12.1. The van der Waals surface area contributed by atoms with Crippen molar-refractivity contribution in [2.24, 2.45) is 11.8 Å². The van der Waals surface area contributed by atoms with Gasteiger partial charge in [0.15, 0.2) is 0 Å². The van der Waals surface area contributed by atoms with Crippen molar-refractivity contribution in [3.63, 3.8) is 0 Å². The van der Waals surface area contributed by atoms with E-state index in [9.17, 15) is 15.0 Å². The maximum atomic E-state index is 12.1. The summed E-state index contributed by atoms with van der Waals surface area (Å²) in [5.41, 5.74) is 0.296. The molecule has 0 heterocycles. The van der Waals surface area contributed by atoms with Gasteiger partial charge in [0.1, 0.15) is 11.5 Å². The van der Waals surface area contributed by atoms with E-state index >= 15 is 0 Å². The van der Waals surface area contributed by atoms with Gasteiger partial charge in [0.05, 0.1) is 0 Å². The molecular weight excluding hydrogens is 242 g/mol. The van der Waals surface area contributed by atoms with E-state index in [4.69, 9.17) is 0 Å². The van der Waals surface area contributed by atoms with Gasteiger partial charge in [-0.05, 0) is 36.8 Å². The summed E-state index contributed by atoms with van der Waals surface area (Å²) in [7, 11) is 0. The Hall–Kier alpha value is -1.71. The molecule has 2 rings (SSSR count). The summed E-state index contributed by atoms with van der Waals surface area (Å²) in [4.78, 5) is 12.1. The van der Waals surface area contributed by atoms with Gasteiger partial charge in [-0.2, -0.15) is 0 Å². The van der Waals surface area contributed by atoms with Gasteiger partial charge in [0, 0.05) is 17.7 Å². The minimum atomic E-state index is -0.236. The van der Waals surface area contributed by atoms with Gasteiger partial charge in [0.2, 0.25) is 0 Å². The fourth-order valence-corrected chi connectivity index (χ4v) is 3.01. The number of rotatable bonds is 3. The molecule has 3 unspecified atom stereocenters. The smallest absolute Gasteiger partial charge is 0.251 e. The van der Waals surface area contributed by atoms with Crippen LogP contribution in [0, 0.1) is 11.8 Å². The first-order chi connectivity index (χ1) is 9.01. The molecule has 4 nitrogen and oxygen atoms in total. The van der Waals surface area contributed by atoms with E-state index in [1.165, 1.54) is 18.2 Å². The molecule has 0 bridgehead atoms. The number of nitrogens with one attached hydrogen (secondary N) is 1. The van der Waals surface area contributed by atoms with Gasteiger partial charge in [-0.25, -0.2) is 0 Å². The summed E-state index contributed by atoms with van der Waals surface area (Å²) in [6.45, 7) is 4.35. The van der Waals surface area contributed by atoms with Crippen LogP contribution in [-0.2, 0) is 0 Å². The third kappa shape index (κ3) is 3.00. The molecule has 0 saturated heterocycles. The monoisotopic (exact) mass is 263 g/mol. The van der Waals surface area contributed by atoms with E-state index in [0.717, 1.165) is 19.3 Å². The molecule has 1 aliphatic carbocycles. The quantitative estimate of drug-likeness (QED) is 0.785. The molecule has 1 aromatic carbocycles. The normalized spacial score (nSPS) is 26.3. The van der Waals surface area contributed by atoms with Crippen molar-refractivity contribution in [2.75, 3.05) is 0 Å². The van der Waals surface area contributed by atoms with Crippen molar-refractivity contribution in [3.05, 3.63) is 23.8 Å². The third-order valence-electron chi connectivity index (χ3n) is 4.23. The average molecular weight is 263 g/mol. The molecule has 3 N–H and O–H groups in total. The molecule has 4 heteroatoms. The second-order valence-electron chi connectivity index (χ2n) is 5.42. The van der Waals surface area contributed by atoms with Crippen LogP contribution in [-0.4, -0.2) is 22.2 Å². The summed E-state index contributed by atoms with van der Waals surface area (Å²) >= 11 is 0. The highest BCUT2D eigenvalue weighted by Crippen LogP contribution is 2.34. The van der Waals surface area contributed by atoms with Gasteiger partial charge in [-0.1, -0.05) is 20.3 Å². The van der Waals surface area contributed by atoms with Crippen LogP contribution in [0.4, 0.5) is 0 Å². The number of carbonyl (C=O) groups excluding carboxylic acids is 1. The van der Waals surface area contributed by atoms with Crippen LogP contribution < -0.4 is 5.32 Å². The topological polar surface area (TPSA) is 69.6 Å². The highest BCUT2D eigenvalue weighted by Gasteiger charge is 2.32. The number of hydrogen-bond acceptors (Lipinski definition) is 3. The van der Waals surface area contributed by atoms with Crippen molar-refractivity contribution in [3.8, 4) is 11.5 Å². The van der Waals surface area contributed by atoms with Gasteiger partial charge < -0.3 is 15.5 Å². The molecule has 0 aromatic heterocycles. The minimum Gasteiger partial charge on any atom is -0.508 e. The second-order valence-corrected chi connectivity index (χ2v) is 5.42. The number of amides is 1. The lowest BCUT2D eigenvalue weighted by Gasteiger charge is -2.21. The standard InChI is InChI=1S/C15H21NO3/c1-3-10-4-5-14(9(10)2)16-15(19)11-6-12(17)8-13(18)7-11/h6-10,14,17-18H,3-5H2,1-2H3,(H,16,19). The Morgan fingerprint density at radius 2 is 1.89 bits per heavy atom. The van der Waals surface area contributed by atoms with Gasteiger partial charge in [0.25, 0.3) is 5.91 Å². The van der Waals surface area contributed by atoms with E-state index in [2.05, 4.69) is 19.2 Å². The lowest BCUT2D eigenvalue weighted by molar-refractivity contribution is 0.0925. The minimum absolute atomic E-state index is 0.101. The molecule has 19 heavy (non-hydrogen) atoms. The SMILES string of the molecule is CCC1CCC(NC(=O)c2cc(O)cc(O)c2)C1C. The van der Waals surface area contributed by atoms with Crippen molar-refractivity contribution < 1.29 is 15.0 Å². The van der Waals surface area contributed by atoms with Crippen molar-refractivity contribution in [1.29, 1.82) is 0 Å². The van der Waals surface area contributed by atoms with Gasteiger partial charge >= 0.3 is 0 Å². The molecule has 104 valence electrons. The zero-order valence-electron chi connectivity index (χ0n) is 11.4. The highest BCUT2D eigenvalue weighted by molar-refractivity contribution is 5.95. The fourth-order valence-electron chi connectivity index (χ4n) is 3.01. The first-order valence-electron chi connectivity index (χ1n) is 6.85. The number of aromatic hydroxyl groups is 2. The van der Waals surface area contributed by atoms with E-state index in [1.807, 2.05) is 0 Å². The second kappa shape index (κ2) is 5.51. The Morgan fingerprint density at radius 3 is 2.42 bits per heavy atom. The van der Waals surface area contributed by atoms with Crippen molar-refractivity contribution in [1.82, 2.24) is 5.32 Å². The summed E-state index contributed by atoms with van der Waals surface area (Å²) in [5, 5.41) is 21.8. The molecule has 1 saturated carbocycles. The number of phenols is 2. The maximum Gasteiger partial charge on any atom is 0.251 e. The van der Waals surface area contributed by atoms with E-state index < -0.39 is 0 Å². The zero-order chi connectivity index (χ0) is 14.0. The molecule has 1 aliphatic rings. The predicted molar refractivity (Wildman–Crippen MR) is 73.2 cm³/mol. The average Bonchev–Trinajstić information content (AvgIpc) is 2.69. The van der Waals surface area contributed by atoms with Crippen LogP contribution >= 0.6 is 0 Å². The van der Waals surface area contributed by atoms with Crippen molar-refractivity contribution in [2.45, 2.75) is 39.2 Å². The van der Waals surface area contributed by atoms with Crippen LogP contribution in [0.3, 0.4) is 0 Å². The molecule has 1 aromatic rings. The Morgan fingerprint density at radius 1 is 1.26 bits per heavy atom. The molecule has 0 spiro atoms. The Kier molecular flexibility index (Phi) is 3.98.